The second kappa shape index (κ2) is 10.1. The third kappa shape index (κ3) is 4.75. The fourth-order valence-electron chi connectivity index (χ4n) is 5.76. The number of alkyl carbamates (subject to hydrolysis) is 1. The molecule has 2 aliphatic carbocycles. The van der Waals surface area contributed by atoms with Crippen LogP contribution in [0, 0.1) is 11.8 Å². The van der Waals surface area contributed by atoms with Gasteiger partial charge in [0.15, 0.2) is 6.10 Å². The van der Waals surface area contributed by atoms with E-state index in [2.05, 4.69) is 34.9 Å². The zero-order valence-corrected chi connectivity index (χ0v) is 19.4. The Morgan fingerprint density at radius 2 is 1.66 bits per heavy atom. The number of carboxylic acids is 1. The molecule has 3 N–H and O–H groups in total. The summed E-state index contributed by atoms with van der Waals surface area (Å²) in [6.45, 7) is 0.907. The highest BCUT2D eigenvalue weighted by molar-refractivity contribution is 5.82. The van der Waals surface area contributed by atoms with Crippen LogP contribution in [0.3, 0.4) is 0 Å². The van der Waals surface area contributed by atoms with E-state index in [9.17, 15) is 19.5 Å². The molecule has 1 heterocycles. The van der Waals surface area contributed by atoms with Crippen LogP contribution >= 0.6 is 0 Å². The molecule has 0 radical (unpaired) electrons. The summed E-state index contributed by atoms with van der Waals surface area (Å²) in [5.74, 6) is -1.51. The van der Waals surface area contributed by atoms with Gasteiger partial charge in [0, 0.05) is 25.0 Å². The van der Waals surface area contributed by atoms with Crippen LogP contribution in [0.2, 0.25) is 0 Å². The first-order valence-electron chi connectivity index (χ1n) is 12.3. The minimum absolute atomic E-state index is 0.00558. The molecular weight excluding hydrogens is 448 g/mol. The number of rotatable bonds is 7. The molecule has 8 heteroatoms. The lowest BCUT2D eigenvalue weighted by molar-refractivity contribution is -0.148. The van der Waals surface area contributed by atoms with Gasteiger partial charge in [-0.2, -0.15) is 0 Å². The average Bonchev–Trinajstić information content (AvgIpc) is 3.59. The van der Waals surface area contributed by atoms with Crippen molar-refractivity contribution in [3.63, 3.8) is 0 Å². The van der Waals surface area contributed by atoms with Crippen LogP contribution in [0.1, 0.15) is 42.7 Å². The van der Waals surface area contributed by atoms with Crippen LogP contribution in [0.15, 0.2) is 48.5 Å². The Labute approximate surface area is 204 Å². The molecule has 0 spiro atoms. The molecule has 2 aromatic carbocycles. The summed E-state index contributed by atoms with van der Waals surface area (Å²) in [5.41, 5.74) is 4.67. The van der Waals surface area contributed by atoms with Crippen LogP contribution in [-0.4, -0.2) is 55.0 Å². The quantitative estimate of drug-likeness (QED) is 0.563. The van der Waals surface area contributed by atoms with Crippen LogP contribution < -0.4 is 10.6 Å². The number of hydrogen-bond acceptors (Lipinski definition) is 5. The molecule has 35 heavy (non-hydrogen) atoms. The van der Waals surface area contributed by atoms with Crippen molar-refractivity contribution in [2.75, 3.05) is 19.8 Å². The highest BCUT2D eigenvalue weighted by Crippen LogP contribution is 2.44. The molecule has 0 bridgehead atoms. The second-order valence-electron chi connectivity index (χ2n) is 9.54. The number of fused-ring (bicyclic) bond motifs is 3. The topological polar surface area (TPSA) is 114 Å². The number of carboxylic acid groups (broad SMARTS) is 1. The van der Waals surface area contributed by atoms with Crippen molar-refractivity contribution >= 4 is 18.0 Å². The molecule has 2 aromatic rings. The lowest BCUT2D eigenvalue weighted by atomic mass is 9.94. The molecular formula is C27H30N2O6. The maximum Gasteiger partial charge on any atom is 0.407 e. The highest BCUT2D eigenvalue weighted by atomic mass is 16.5. The molecule has 1 aliphatic heterocycles. The maximum atomic E-state index is 12.9. The van der Waals surface area contributed by atoms with Crippen molar-refractivity contribution in [3.05, 3.63) is 59.7 Å². The van der Waals surface area contributed by atoms with Crippen LogP contribution in [0.4, 0.5) is 4.79 Å². The highest BCUT2D eigenvalue weighted by Gasteiger charge is 2.39. The van der Waals surface area contributed by atoms with E-state index in [4.69, 9.17) is 9.47 Å². The first-order chi connectivity index (χ1) is 17.0. The third-order valence-corrected chi connectivity index (χ3v) is 7.51. The Morgan fingerprint density at radius 1 is 0.971 bits per heavy atom. The van der Waals surface area contributed by atoms with Gasteiger partial charge >= 0.3 is 12.1 Å². The van der Waals surface area contributed by atoms with Crippen molar-refractivity contribution in [2.24, 2.45) is 11.8 Å². The van der Waals surface area contributed by atoms with Crippen LogP contribution in [0.5, 0.6) is 0 Å². The average molecular weight is 479 g/mol. The van der Waals surface area contributed by atoms with Gasteiger partial charge in [-0.3, -0.25) is 4.79 Å². The van der Waals surface area contributed by atoms with Gasteiger partial charge < -0.3 is 25.2 Å². The van der Waals surface area contributed by atoms with E-state index >= 15 is 0 Å². The number of carbonyl (C=O) groups is 3. The molecule has 5 rings (SSSR count). The van der Waals surface area contributed by atoms with E-state index in [1.165, 1.54) is 11.1 Å². The molecule has 2 amide bonds. The van der Waals surface area contributed by atoms with Gasteiger partial charge in [-0.05, 0) is 47.4 Å². The second-order valence-corrected chi connectivity index (χ2v) is 9.54. The van der Waals surface area contributed by atoms with Gasteiger partial charge in [0.25, 0.3) is 0 Å². The lowest BCUT2D eigenvalue weighted by Gasteiger charge is -2.23. The fourth-order valence-corrected chi connectivity index (χ4v) is 5.76. The summed E-state index contributed by atoms with van der Waals surface area (Å²) >= 11 is 0. The fraction of sp³-hybridized carbons (Fsp3) is 0.444. The molecule has 1 saturated carbocycles. The van der Waals surface area contributed by atoms with E-state index in [1.807, 2.05) is 24.3 Å². The molecule has 4 atom stereocenters. The van der Waals surface area contributed by atoms with Crippen molar-refractivity contribution in [1.29, 1.82) is 0 Å². The predicted octanol–water partition coefficient (Wildman–Crippen LogP) is 3.30. The molecule has 184 valence electrons. The predicted molar refractivity (Wildman–Crippen MR) is 128 cm³/mol. The number of carbonyl (C=O) groups excluding carboxylic acids is 2. The van der Waals surface area contributed by atoms with E-state index in [-0.39, 0.29) is 30.3 Å². The normalized spacial score (nSPS) is 25.0. The number of ether oxygens (including phenoxy) is 2. The SMILES string of the molecule is O=C(NCC1CCCC1C(=O)N[C@@H]1CCO[C@@H]1C(=O)O)OCC1c2ccccc2-c2ccccc21. The summed E-state index contributed by atoms with van der Waals surface area (Å²) in [6, 6.07) is 15.9. The van der Waals surface area contributed by atoms with E-state index in [0.717, 1.165) is 24.0 Å². The first-order valence-corrected chi connectivity index (χ1v) is 12.3. The molecule has 3 aliphatic rings. The smallest absolute Gasteiger partial charge is 0.407 e. The molecule has 2 fully saturated rings. The van der Waals surface area contributed by atoms with Crippen molar-refractivity contribution in [3.8, 4) is 11.1 Å². The summed E-state index contributed by atoms with van der Waals surface area (Å²) in [4.78, 5) is 36.7. The Bertz CT molecular complexity index is 1070. The number of aliphatic carboxylic acids is 1. The monoisotopic (exact) mass is 478 g/mol. The molecule has 8 nitrogen and oxygen atoms in total. The summed E-state index contributed by atoms with van der Waals surface area (Å²) in [6.07, 6.45) is 1.42. The van der Waals surface area contributed by atoms with E-state index in [1.54, 1.807) is 0 Å². The van der Waals surface area contributed by atoms with Crippen LogP contribution in [-0.2, 0) is 19.1 Å². The number of hydrogen-bond donors (Lipinski definition) is 3. The lowest BCUT2D eigenvalue weighted by Crippen LogP contribution is -2.47. The summed E-state index contributed by atoms with van der Waals surface area (Å²) < 4.78 is 10.8. The minimum atomic E-state index is -1.06. The van der Waals surface area contributed by atoms with Gasteiger partial charge in [-0.25, -0.2) is 9.59 Å². The Hall–Kier alpha value is -3.39. The Morgan fingerprint density at radius 3 is 2.34 bits per heavy atom. The van der Waals surface area contributed by atoms with Gasteiger partial charge in [-0.15, -0.1) is 0 Å². The first kappa shape index (κ1) is 23.4. The largest absolute Gasteiger partial charge is 0.479 e. The van der Waals surface area contributed by atoms with Gasteiger partial charge in [0.05, 0.1) is 6.04 Å². The number of nitrogens with one attached hydrogen (secondary N) is 2. The van der Waals surface area contributed by atoms with Crippen molar-refractivity contribution in [2.45, 2.75) is 43.7 Å². The molecule has 0 aromatic heterocycles. The zero-order chi connectivity index (χ0) is 24.4. The minimum Gasteiger partial charge on any atom is -0.479 e. The summed E-state index contributed by atoms with van der Waals surface area (Å²) in [7, 11) is 0. The van der Waals surface area contributed by atoms with Gasteiger partial charge in [0.2, 0.25) is 5.91 Å². The molecule has 2 unspecified atom stereocenters. The van der Waals surface area contributed by atoms with E-state index < -0.39 is 24.2 Å². The Kier molecular flexibility index (Phi) is 6.72. The third-order valence-electron chi connectivity index (χ3n) is 7.51. The van der Waals surface area contributed by atoms with Gasteiger partial charge in [-0.1, -0.05) is 55.0 Å². The summed E-state index contributed by atoms with van der Waals surface area (Å²) in [5, 5.41) is 15.0. The Balaban J connectivity index is 1.14. The standard InChI is InChI=1S/C27H30N2O6/c30-25(29-23-12-13-34-24(23)26(31)32)17-11-5-6-16(17)14-28-27(33)35-15-22-20-9-3-1-7-18(20)19-8-2-4-10-21(19)22/h1-4,7-10,16-17,22-24H,5-6,11-15H2,(H,28,33)(H,29,30)(H,31,32)/t16?,17?,23-,24+/m1/s1. The van der Waals surface area contributed by atoms with Crippen molar-refractivity contribution < 1.29 is 29.0 Å². The van der Waals surface area contributed by atoms with Crippen molar-refractivity contribution in [1.82, 2.24) is 10.6 Å². The molecule has 1 saturated heterocycles. The zero-order valence-electron chi connectivity index (χ0n) is 19.4. The number of amides is 2. The van der Waals surface area contributed by atoms with E-state index in [0.29, 0.717) is 26.0 Å². The van der Waals surface area contributed by atoms with Gasteiger partial charge in [0.1, 0.15) is 6.61 Å². The maximum absolute atomic E-state index is 12.9. The van der Waals surface area contributed by atoms with Crippen LogP contribution in [0.25, 0.3) is 11.1 Å². The number of benzene rings is 2.